The molecule has 3 nitrogen and oxygen atoms in total. The molecule has 0 amide bonds. The molecule has 78 valence electrons. The fraction of sp³-hybridized carbons (Fsp3) is 0.500. The van der Waals surface area contributed by atoms with Crippen molar-refractivity contribution in [1.82, 2.24) is 4.98 Å². The summed E-state index contributed by atoms with van der Waals surface area (Å²) >= 11 is 0. The van der Waals surface area contributed by atoms with Gasteiger partial charge in [0.2, 0.25) is 0 Å². The number of halogens is 1. The normalized spacial score (nSPS) is 12.9. The van der Waals surface area contributed by atoms with Crippen LogP contribution < -0.4 is 5.73 Å². The van der Waals surface area contributed by atoms with Crippen molar-refractivity contribution in [1.29, 1.82) is 0 Å². The first kappa shape index (κ1) is 11.1. The molecule has 0 aliphatic carbocycles. The van der Waals surface area contributed by atoms with Crippen LogP contribution in [0.25, 0.3) is 0 Å². The van der Waals surface area contributed by atoms with Crippen molar-refractivity contribution in [2.75, 3.05) is 6.61 Å². The second-order valence-corrected chi connectivity index (χ2v) is 3.31. The average Bonchev–Trinajstić information content (AvgIpc) is 2.18. The van der Waals surface area contributed by atoms with Crippen LogP contribution in [-0.2, 0) is 0 Å². The highest BCUT2D eigenvalue weighted by Crippen LogP contribution is 2.16. The van der Waals surface area contributed by atoms with Crippen molar-refractivity contribution in [2.45, 2.75) is 25.8 Å². The van der Waals surface area contributed by atoms with E-state index in [0.717, 1.165) is 0 Å². The Kier molecular flexibility index (Phi) is 3.98. The van der Waals surface area contributed by atoms with E-state index in [2.05, 4.69) is 4.98 Å². The van der Waals surface area contributed by atoms with Crippen LogP contribution in [-0.4, -0.2) is 16.7 Å². The Morgan fingerprint density at radius 2 is 2.36 bits per heavy atom. The van der Waals surface area contributed by atoms with Gasteiger partial charge in [0.15, 0.2) is 0 Å². The summed E-state index contributed by atoms with van der Waals surface area (Å²) in [5.74, 6) is -0.332. The smallest absolute Gasteiger partial charge is 0.144 e. The molecule has 1 aromatic rings. The first-order valence-corrected chi connectivity index (χ1v) is 4.63. The zero-order valence-corrected chi connectivity index (χ0v) is 8.20. The van der Waals surface area contributed by atoms with Crippen LogP contribution in [0.2, 0.25) is 0 Å². The highest BCUT2D eigenvalue weighted by atomic mass is 19.1. The van der Waals surface area contributed by atoms with Crippen LogP contribution in [0.3, 0.4) is 0 Å². The van der Waals surface area contributed by atoms with Crippen molar-refractivity contribution in [3.63, 3.8) is 0 Å². The molecule has 3 N–H and O–H groups in total. The summed E-state index contributed by atoms with van der Waals surface area (Å²) in [4.78, 5) is 3.89. The van der Waals surface area contributed by atoms with Gasteiger partial charge in [0.05, 0.1) is 5.69 Å². The molecular weight excluding hydrogens is 183 g/mol. The van der Waals surface area contributed by atoms with Crippen LogP contribution in [0, 0.1) is 12.7 Å². The minimum atomic E-state index is -0.332. The van der Waals surface area contributed by atoms with E-state index in [1.165, 1.54) is 6.07 Å². The molecule has 0 spiro atoms. The molecule has 0 fully saturated rings. The van der Waals surface area contributed by atoms with Crippen LogP contribution in [0.4, 0.5) is 4.39 Å². The minimum absolute atomic E-state index is 0.107. The van der Waals surface area contributed by atoms with Gasteiger partial charge < -0.3 is 10.8 Å². The number of hydrogen-bond acceptors (Lipinski definition) is 3. The van der Waals surface area contributed by atoms with Gasteiger partial charge in [-0.1, -0.05) is 0 Å². The Labute approximate surface area is 82.8 Å². The molecule has 1 aromatic heterocycles. The number of aromatic nitrogens is 1. The number of pyridine rings is 1. The molecule has 0 bridgehead atoms. The quantitative estimate of drug-likeness (QED) is 0.766. The topological polar surface area (TPSA) is 59.1 Å². The number of aliphatic hydroxyl groups is 1. The van der Waals surface area contributed by atoms with Gasteiger partial charge in [-0.3, -0.25) is 4.98 Å². The molecule has 1 heterocycles. The van der Waals surface area contributed by atoms with Gasteiger partial charge in [0.1, 0.15) is 5.82 Å². The predicted molar refractivity (Wildman–Crippen MR) is 52.2 cm³/mol. The number of hydrogen-bond donors (Lipinski definition) is 2. The fourth-order valence-electron chi connectivity index (χ4n) is 1.20. The van der Waals surface area contributed by atoms with Gasteiger partial charge >= 0.3 is 0 Å². The Morgan fingerprint density at radius 1 is 1.64 bits per heavy atom. The van der Waals surface area contributed by atoms with Gasteiger partial charge in [0, 0.05) is 18.8 Å². The van der Waals surface area contributed by atoms with E-state index in [4.69, 9.17) is 10.8 Å². The van der Waals surface area contributed by atoms with Crippen molar-refractivity contribution >= 4 is 0 Å². The summed E-state index contributed by atoms with van der Waals surface area (Å²) in [5.41, 5.74) is 6.84. The molecule has 0 radical (unpaired) electrons. The lowest BCUT2D eigenvalue weighted by Crippen LogP contribution is -2.11. The maximum atomic E-state index is 13.1. The number of nitrogens with two attached hydrogens (primary N) is 1. The highest BCUT2D eigenvalue weighted by Gasteiger charge is 2.08. The number of rotatable bonds is 4. The second-order valence-electron chi connectivity index (χ2n) is 3.31. The zero-order valence-electron chi connectivity index (χ0n) is 8.20. The zero-order chi connectivity index (χ0) is 10.6. The van der Waals surface area contributed by atoms with Crippen LogP contribution in [0.15, 0.2) is 12.3 Å². The van der Waals surface area contributed by atoms with Crippen LogP contribution >= 0.6 is 0 Å². The maximum absolute atomic E-state index is 13.1. The molecule has 0 saturated heterocycles. The van der Waals surface area contributed by atoms with Crippen molar-refractivity contribution in [2.24, 2.45) is 5.73 Å². The third-order valence-electron chi connectivity index (χ3n) is 2.15. The van der Waals surface area contributed by atoms with E-state index in [-0.39, 0.29) is 18.5 Å². The fourth-order valence-corrected chi connectivity index (χ4v) is 1.20. The van der Waals surface area contributed by atoms with E-state index < -0.39 is 0 Å². The molecule has 1 rings (SSSR count). The Morgan fingerprint density at radius 3 is 2.93 bits per heavy atom. The summed E-state index contributed by atoms with van der Waals surface area (Å²) < 4.78 is 13.1. The standard InChI is InChI=1S/C10H15FN2O/c1-7-9(11)5-8(6-13-7)10(12)3-2-4-14/h5-6,10,14H,2-4,12H2,1H3. The number of aryl methyl sites for hydroxylation is 1. The van der Waals surface area contributed by atoms with Gasteiger partial charge in [-0.15, -0.1) is 0 Å². The lowest BCUT2D eigenvalue weighted by atomic mass is 10.0. The van der Waals surface area contributed by atoms with Gasteiger partial charge in [-0.05, 0) is 31.4 Å². The summed E-state index contributed by atoms with van der Waals surface area (Å²) in [6.45, 7) is 1.72. The van der Waals surface area contributed by atoms with Gasteiger partial charge in [-0.2, -0.15) is 0 Å². The summed E-state index contributed by atoms with van der Waals surface area (Å²) in [5, 5.41) is 8.62. The molecule has 0 aliphatic heterocycles. The SMILES string of the molecule is Cc1ncc(C(N)CCCO)cc1F. The van der Waals surface area contributed by atoms with Gasteiger partial charge in [0.25, 0.3) is 0 Å². The first-order chi connectivity index (χ1) is 6.65. The van der Waals surface area contributed by atoms with E-state index in [1.54, 1.807) is 13.1 Å². The van der Waals surface area contributed by atoms with Crippen molar-refractivity contribution in [3.05, 3.63) is 29.3 Å². The third kappa shape index (κ3) is 2.75. The Bertz CT molecular complexity index is 304. The van der Waals surface area contributed by atoms with Crippen molar-refractivity contribution < 1.29 is 9.50 Å². The molecule has 0 aliphatic rings. The average molecular weight is 198 g/mol. The minimum Gasteiger partial charge on any atom is -0.396 e. The Balaban J connectivity index is 2.70. The van der Waals surface area contributed by atoms with Gasteiger partial charge in [-0.25, -0.2) is 4.39 Å². The first-order valence-electron chi connectivity index (χ1n) is 4.63. The lowest BCUT2D eigenvalue weighted by Gasteiger charge is -2.11. The monoisotopic (exact) mass is 198 g/mol. The number of aliphatic hydroxyl groups excluding tert-OH is 1. The Hall–Kier alpha value is -1.00. The van der Waals surface area contributed by atoms with E-state index >= 15 is 0 Å². The molecule has 0 aromatic carbocycles. The van der Waals surface area contributed by atoms with E-state index in [0.29, 0.717) is 24.1 Å². The molecule has 1 atom stereocenters. The maximum Gasteiger partial charge on any atom is 0.144 e. The van der Waals surface area contributed by atoms with Crippen LogP contribution in [0.5, 0.6) is 0 Å². The van der Waals surface area contributed by atoms with Crippen molar-refractivity contribution in [3.8, 4) is 0 Å². The highest BCUT2D eigenvalue weighted by molar-refractivity contribution is 5.18. The second kappa shape index (κ2) is 5.02. The summed E-state index contributed by atoms with van der Waals surface area (Å²) in [6, 6.07) is 1.16. The molecule has 4 heteroatoms. The summed E-state index contributed by atoms with van der Waals surface area (Å²) in [6.07, 6.45) is 2.85. The summed E-state index contributed by atoms with van der Waals surface area (Å²) in [7, 11) is 0. The largest absolute Gasteiger partial charge is 0.396 e. The molecular formula is C10H15FN2O. The molecule has 14 heavy (non-hydrogen) atoms. The molecule has 0 saturated carbocycles. The number of nitrogens with zero attached hydrogens (tertiary/aromatic N) is 1. The molecule has 1 unspecified atom stereocenters. The lowest BCUT2D eigenvalue weighted by molar-refractivity contribution is 0.280. The third-order valence-corrected chi connectivity index (χ3v) is 2.15. The van der Waals surface area contributed by atoms with E-state index in [9.17, 15) is 4.39 Å². The van der Waals surface area contributed by atoms with E-state index in [1.807, 2.05) is 0 Å². The van der Waals surface area contributed by atoms with Crippen LogP contribution in [0.1, 0.15) is 30.1 Å². The predicted octanol–water partition coefficient (Wildman–Crippen LogP) is 1.30.